The van der Waals surface area contributed by atoms with Crippen LogP contribution in [0.1, 0.15) is 18.1 Å². The van der Waals surface area contributed by atoms with Crippen LogP contribution in [-0.4, -0.2) is 27.7 Å². The molecule has 0 aliphatic heterocycles. The molecule has 0 fully saturated rings. The van der Waals surface area contributed by atoms with Gasteiger partial charge in [-0.15, -0.1) is 0 Å². The van der Waals surface area contributed by atoms with E-state index in [9.17, 15) is 29.5 Å². The van der Waals surface area contributed by atoms with Gasteiger partial charge in [0, 0.05) is 6.07 Å². The van der Waals surface area contributed by atoms with E-state index in [0.29, 0.717) is 0 Å². The Kier molecular flexibility index (Phi) is 5.33. The molecule has 2 aromatic carbocycles. The van der Waals surface area contributed by atoms with Crippen molar-refractivity contribution < 1.29 is 29.1 Å². The van der Waals surface area contributed by atoms with Crippen LogP contribution >= 0.6 is 0 Å². The number of rotatable bonds is 6. The number of phenols is 1. The fourth-order valence-corrected chi connectivity index (χ4v) is 2.17. The second kappa shape index (κ2) is 7.43. The number of ether oxygens (including phenoxy) is 1. The molecule has 2 N–H and O–H groups in total. The van der Waals surface area contributed by atoms with E-state index in [-0.39, 0.29) is 29.1 Å². The van der Waals surface area contributed by atoms with Crippen molar-refractivity contribution in [2.45, 2.75) is 6.92 Å². The average Bonchev–Trinajstić information content (AvgIpc) is 2.56. The molecule has 0 radical (unpaired) electrons. The summed E-state index contributed by atoms with van der Waals surface area (Å²) in [6, 6.07) is 7.11. The lowest BCUT2D eigenvalue weighted by molar-refractivity contribution is -0.386. The maximum Gasteiger partial charge on any atom is 0.336 e. The third-order valence-electron chi connectivity index (χ3n) is 3.27. The first-order valence-electron chi connectivity index (χ1n) is 7.18. The highest BCUT2D eigenvalue weighted by Crippen LogP contribution is 2.38. The van der Waals surface area contributed by atoms with Crippen molar-refractivity contribution in [2.75, 3.05) is 6.61 Å². The Balaban J connectivity index is 2.61. The Labute approximate surface area is 141 Å². The van der Waals surface area contributed by atoms with E-state index in [1.54, 1.807) is 6.92 Å². The predicted molar refractivity (Wildman–Crippen MR) is 87.8 cm³/mol. The number of aromatic hydroxyl groups is 1. The topological polar surface area (TPSA) is 110 Å². The van der Waals surface area contributed by atoms with E-state index in [1.165, 1.54) is 24.3 Å². The van der Waals surface area contributed by atoms with Crippen molar-refractivity contribution in [2.24, 2.45) is 0 Å². The lowest BCUT2D eigenvalue weighted by Crippen LogP contribution is -2.00. The summed E-state index contributed by atoms with van der Waals surface area (Å²) in [6.07, 6.45) is 1.19. The molecule has 0 aromatic heterocycles. The highest BCUT2D eigenvalue weighted by Gasteiger charge is 2.20. The van der Waals surface area contributed by atoms with Gasteiger partial charge in [-0.1, -0.05) is 12.1 Å². The second-order valence-electron chi connectivity index (χ2n) is 4.95. The van der Waals surface area contributed by atoms with Crippen LogP contribution in [0, 0.1) is 15.9 Å². The van der Waals surface area contributed by atoms with Crippen molar-refractivity contribution in [3.8, 4) is 11.5 Å². The molecular formula is C17H14FNO6. The van der Waals surface area contributed by atoms with Crippen LogP contribution in [0.2, 0.25) is 0 Å². The Bertz CT molecular complexity index is 845. The summed E-state index contributed by atoms with van der Waals surface area (Å²) in [4.78, 5) is 21.8. The molecule has 2 rings (SSSR count). The summed E-state index contributed by atoms with van der Waals surface area (Å²) in [6.45, 7) is 1.79. The van der Waals surface area contributed by atoms with Crippen LogP contribution in [0.3, 0.4) is 0 Å². The number of carboxylic acid groups (broad SMARTS) is 1. The fourth-order valence-electron chi connectivity index (χ4n) is 2.17. The van der Waals surface area contributed by atoms with E-state index >= 15 is 0 Å². The van der Waals surface area contributed by atoms with Crippen molar-refractivity contribution in [3.63, 3.8) is 0 Å². The third kappa shape index (κ3) is 4.11. The van der Waals surface area contributed by atoms with Crippen LogP contribution in [0.15, 0.2) is 36.4 Å². The van der Waals surface area contributed by atoms with Gasteiger partial charge < -0.3 is 14.9 Å². The number of nitro groups is 1. The lowest BCUT2D eigenvalue weighted by Gasteiger charge is -2.08. The third-order valence-corrected chi connectivity index (χ3v) is 3.27. The van der Waals surface area contributed by atoms with Crippen LogP contribution < -0.4 is 4.74 Å². The number of benzene rings is 2. The lowest BCUT2D eigenvalue weighted by atomic mass is 10.0. The maximum absolute atomic E-state index is 13.0. The van der Waals surface area contributed by atoms with Crippen molar-refractivity contribution in [1.82, 2.24) is 0 Å². The second-order valence-corrected chi connectivity index (χ2v) is 4.95. The van der Waals surface area contributed by atoms with Crippen LogP contribution in [-0.2, 0) is 4.79 Å². The summed E-state index contributed by atoms with van der Waals surface area (Å²) >= 11 is 0. The van der Waals surface area contributed by atoms with Crippen LogP contribution in [0.5, 0.6) is 11.5 Å². The molecule has 0 aliphatic rings. The number of phenolic OH excluding ortho intramolecular Hbond substituents is 1. The Hall–Kier alpha value is -3.42. The molecule has 0 saturated heterocycles. The maximum atomic E-state index is 13.0. The highest BCUT2D eigenvalue weighted by molar-refractivity contribution is 6.20. The standard InChI is InChI=1S/C17H14FNO6/c1-2-25-15-9-10(8-14(16(15)20)19(23)24)7-13(17(21)22)11-3-5-12(18)6-4-11/h3-9,20H,2H2,1H3,(H,21,22)/b13-7-. The molecule has 25 heavy (non-hydrogen) atoms. The molecule has 0 unspecified atom stereocenters. The van der Waals surface area contributed by atoms with Gasteiger partial charge in [-0.25, -0.2) is 9.18 Å². The fraction of sp³-hybridized carbons (Fsp3) is 0.118. The molecule has 2 aromatic rings. The monoisotopic (exact) mass is 347 g/mol. The van der Waals surface area contributed by atoms with Gasteiger partial charge in [0.15, 0.2) is 5.75 Å². The summed E-state index contributed by atoms with van der Waals surface area (Å²) < 4.78 is 18.2. The van der Waals surface area contributed by atoms with Gasteiger partial charge in [0.2, 0.25) is 5.75 Å². The molecular weight excluding hydrogens is 333 g/mol. The van der Waals surface area contributed by atoms with Gasteiger partial charge in [-0.2, -0.15) is 0 Å². The molecule has 7 nitrogen and oxygen atoms in total. The number of nitrogens with zero attached hydrogens (tertiary/aromatic N) is 1. The van der Waals surface area contributed by atoms with Crippen LogP contribution in [0.4, 0.5) is 10.1 Å². The van der Waals surface area contributed by atoms with E-state index < -0.39 is 28.1 Å². The largest absolute Gasteiger partial charge is 0.500 e. The quantitative estimate of drug-likeness (QED) is 0.358. The minimum Gasteiger partial charge on any atom is -0.500 e. The van der Waals surface area contributed by atoms with E-state index in [0.717, 1.165) is 18.2 Å². The van der Waals surface area contributed by atoms with Crippen molar-refractivity contribution in [1.29, 1.82) is 0 Å². The predicted octanol–water partition coefficient (Wildman–Crippen LogP) is 3.46. The first-order chi connectivity index (χ1) is 11.8. The number of hydrogen-bond acceptors (Lipinski definition) is 5. The average molecular weight is 347 g/mol. The SMILES string of the molecule is CCOc1cc(/C=C(\C(=O)O)c2ccc(F)cc2)cc([N+](=O)[O-])c1O. The molecule has 0 spiro atoms. The highest BCUT2D eigenvalue weighted by atomic mass is 19.1. The zero-order valence-corrected chi connectivity index (χ0v) is 13.1. The Morgan fingerprint density at radius 1 is 1.32 bits per heavy atom. The summed E-state index contributed by atoms with van der Waals surface area (Å²) in [5, 5.41) is 30.3. The summed E-state index contributed by atoms with van der Waals surface area (Å²) in [5.74, 6) is -2.58. The molecule has 0 amide bonds. The normalized spacial score (nSPS) is 11.2. The van der Waals surface area contributed by atoms with Crippen molar-refractivity contribution in [3.05, 3.63) is 63.5 Å². The molecule has 0 bridgehead atoms. The van der Waals surface area contributed by atoms with Gasteiger partial charge in [0.1, 0.15) is 5.82 Å². The summed E-state index contributed by atoms with van der Waals surface area (Å²) in [5.41, 5.74) is -0.430. The smallest absolute Gasteiger partial charge is 0.336 e. The zero-order valence-electron chi connectivity index (χ0n) is 13.1. The molecule has 0 saturated carbocycles. The number of hydrogen-bond donors (Lipinski definition) is 2. The molecule has 8 heteroatoms. The Morgan fingerprint density at radius 2 is 1.96 bits per heavy atom. The number of carbonyl (C=O) groups is 1. The first kappa shape index (κ1) is 17.9. The molecule has 0 heterocycles. The van der Waals surface area contributed by atoms with E-state index in [4.69, 9.17) is 4.74 Å². The minimum absolute atomic E-state index is 0.133. The minimum atomic E-state index is -1.29. The van der Waals surface area contributed by atoms with Crippen molar-refractivity contribution >= 4 is 23.3 Å². The van der Waals surface area contributed by atoms with Gasteiger partial charge in [-0.05, 0) is 42.3 Å². The number of aliphatic carboxylic acids is 1. The van der Waals surface area contributed by atoms with Gasteiger partial charge in [0.25, 0.3) is 0 Å². The molecule has 0 atom stereocenters. The number of carboxylic acids is 1. The number of nitro benzene ring substituents is 1. The van der Waals surface area contributed by atoms with E-state index in [1.807, 2.05) is 0 Å². The Morgan fingerprint density at radius 3 is 2.48 bits per heavy atom. The first-order valence-corrected chi connectivity index (χ1v) is 7.18. The number of halogens is 1. The molecule has 0 aliphatic carbocycles. The van der Waals surface area contributed by atoms with Gasteiger partial charge >= 0.3 is 11.7 Å². The van der Waals surface area contributed by atoms with Gasteiger partial charge in [-0.3, -0.25) is 10.1 Å². The molecule has 130 valence electrons. The van der Waals surface area contributed by atoms with Gasteiger partial charge in [0.05, 0.1) is 17.1 Å². The zero-order chi connectivity index (χ0) is 18.6. The summed E-state index contributed by atoms with van der Waals surface area (Å²) in [7, 11) is 0. The van der Waals surface area contributed by atoms with Crippen LogP contribution in [0.25, 0.3) is 11.6 Å². The van der Waals surface area contributed by atoms with E-state index in [2.05, 4.69) is 0 Å².